The highest BCUT2D eigenvalue weighted by molar-refractivity contribution is 6.04. The zero-order valence-electron chi connectivity index (χ0n) is 12.1. The largest absolute Gasteiger partial charge is 0.384 e. The number of nitrogens with one attached hydrogen (secondary N) is 1. The number of rotatable bonds is 4. The minimum Gasteiger partial charge on any atom is -0.384 e. The molecule has 5 heteroatoms. The van der Waals surface area contributed by atoms with E-state index in [4.69, 9.17) is 5.73 Å². The summed E-state index contributed by atoms with van der Waals surface area (Å²) in [5.74, 6) is -0.264. The fraction of sp³-hybridized carbons (Fsp3) is 0.250. The number of aromatic nitrogens is 1. The van der Waals surface area contributed by atoms with E-state index in [1.807, 2.05) is 6.92 Å². The molecule has 4 nitrogen and oxygen atoms in total. The molecule has 2 rings (SSSR count). The van der Waals surface area contributed by atoms with Crippen LogP contribution in [0.2, 0.25) is 0 Å². The average molecular weight is 287 g/mol. The van der Waals surface area contributed by atoms with E-state index in [0.29, 0.717) is 22.6 Å². The number of hydrogen-bond acceptors (Lipinski definition) is 3. The number of carbonyl (C=O) groups excluding carboxylic acids is 1. The van der Waals surface area contributed by atoms with Crippen molar-refractivity contribution >= 4 is 17.4 Å². The van der Waals surface area contributed by atoms with E-state index < -0.39 is 0 Å². The lowest BCUT2D eigenvalue weighted by atomic mass is 10.1. The lowest BCUT2D eigenvalue weighted by Crippen LogP contribution is -2.13. The van der Waals surface area contributed by atoms with E-state index >= 15 is 0 Å². The second-order valence-corrected chi connectivity index (χ2v) is 4.94. The summed E-state index contributed by atoms with van der Waals surface area (Å²) >= 11 is 0. The van der Waals surface area contributed by atoms with Crippen molar-refractivity contribution in [3.8, 4) is 0 Å². The second-order valence-electron chi connectivity index (χ2n) is 4.94. The third-order valence-corrected chi connectivity index (χ3v) is 3.08. The van der Waals surface area contributed by atoms with Crippen molar-refractivity contribution in [2.45, 2.75) is 26.7 Å². The number of nitrogen functional groups attached to an aromatic ring is 1. The van der Waals surface area contributed by atoms with E-state index in [1.54, 1.807) is 19.1 Å². The Labute approximate surface area is 123 Å². The number of carbonyl (C=O) groups is 1. The lowest BCUT2D eigenvalue weighted by Gasteiger charge is -2.08. The normalized spacial score (nSPS) is 10.4. The molecule has 0 saturated heterocycles. The van der Waals surface area contributed by atoms with Crippen molar-refractivity contribution in [1.29, 1.82) is 0 Å². The van der Waals surface area contributed by atoms with Crippen LogP contribution < -0.4 is 11.1 Å². The zero-order chi connectivity index (χ0) is 15.4. The van der Waals surface area contributed by atoms with Gasteiger partial charge in [0.25, 0.3) is 5.91 Å². The third kappa shape index (κ3) is 3.78. The lowest BCUT2D eigenvalue weighted by molar-refractivity contribution is 0.102. The number of nitrogens with two attached hydrogens (primary N) is 1. The van der Waals surface area contributed by atoms with Crippen molar-refractivity contribution in [2.75, 3.05) is 11.1 Å². The molecule has 0 spiro atoms. The van der Waals surface area contributed by atoms with Gasteiger partial charge in [0.05, 0.1) is 0 Å². The van der Waals surface area contributed by atoms with Crippen LogP contribution in [0.5, 0.6) is 0 Å². The Hall–Kier alpha value is -2.43. The van der Waals surface area contributed by atoms with Crippen LogP contribution in [-0.4, -0.2) is 10.9 Å². The molecule has 0 radical (unpaired) electrons. The van der Waals surface area contributed by atoms with Crippen molar-refractivity contribution < 1.29 is 9.18 Å². The summed E-state index contributed by atoms with van der Waals surface area (Å²) < 4.78 is 13.2. The maximum atomic E-state index is 13.2. The highest BCUT2D eigenvalue weighted by Gasteiger charge is 2.10. The molecule has 1 aromatic heterocycles. The Balaban J connectivity index is 2.21. The summed E-state index contributed by atoms with van der Waals surface area (Å²) in [6.45, 7) is 3.68. The first-order valence-electron chi connectivity index (χ1n) is 6.83. The van der Waals surface area contributed by atoms with Crippen LogP contribution in [0.15, 0.2) is 30.3 Å². The summed E-state index contributed by atoms with van der Waals surface area (Å²) in [4.78, 5) is 16.4. The Morgan fingerprint density at radius 3 is 2.76 bits per heavy atom. The predicted octanol–water partition coefficient (Wildman–Crippen LogP) is 3.32. The quantitative estimate of drug-likeness (QED) is 0.906. The molecule has 1 aromatic carbocycles. The Bertz CT molecular complexity index is 671. The molecule has 0 atom stereocenters. The molecule has 0 aliphatic rings. The van der Waals surface area contributed by atoms with E-state index in [-0.39, 0.29) is 11.7 Å². The number of halogens is 1. The summed E-state index contributed by atoms with van der Waals surface area (Å²) in [5.41, 5.74) is 7.99. The molecule has 0 aliphatic heterocycles. The van der Waals surface area contributed by atoms with Crippen LogP contribution in [0.25, 0.3) is 0 Å². The second kappa shape index (κ2) is 6.35. The fourth-order valence-electron chi connectivity index (χ4n) is 2.05. The molecule has 0 fully saturated rings. The predicted molar refractivity (Wildman–Crippen MR) is 81.7 cm³/mol. The van der Waals surface area contributed by atoms with Crippen LogP contribution in [-0.2, 0) is 6.42 Å². The molecule has 3 N–H and O–H groups in total. The van der Waals surface area contributed by atoms with Crippen LogP contribution in [0.1, 0.15) is 35.0 Å². The Morgan fingerprint density at radius 2 is 2.10 bits per heavy atom. The SMILES string of the molecule is CCCc1cc(C(=O)Nc2ccc(F)c(C)c2)cc(N)n1. The summed E-state index contributed by atoms with van der Waals surface area (Å²) in [6.07, 6.45) is 1.69. The van der Waals surface area contributed by atoms with E-state index in [0.717, 1.165) is 18.5 Å². The Morgan fingerprint density at radius 1 is 1.33 bits per heavy atom. The minimum absolute atomic E-state index is 0.285. The molecule has 21 heavy (non-hydrogen) atoms. The standard InChI is InChI=1S/C16H18FN3O/c1-3-4-12-8-11(9-15(18)19-12)16(21)20-13-5-6-14(17)10(2)7-13/h5-9H,3-4H2,1-2H3,(H2,18,19)(H,20,21). The molecular weight excluding hydrogens is 269 g/mol. The average Bonchev–Trinajstić information content (AvgIpc) is 2.42. The van der Waals surface area contributed by atoms with Gasteiger partial charge in [-0.1, -0.05) is 13.3 Å². The molecule has 110 valence electrons. The van der Waals surface area contributed by atoms with Gasteiger partial charge in [-0.25, -0.2) is 9.37 Å². The topological polar surface area (TPSA) is 68.0 Å². The molecule has 0 aliphatic carbocycles. The van der Waals surface area contributed by atoms with Crippen LogP contribution in [0.3, 0.4) is 0 Å². The van der Waals surface area contributed by atoms with Gasteiger partial charge in [-0.05, 0) is 49.2 Å². The Kier molecular flexibility index (Phi) is 4.52. The number of pyridine rings is 1. The molecule has 0 unspecified atom stereocenters. The highest BCUT2D eigenvalue weighted by atomic mass is 19.1. The first kappa shape index (κ1) is 15.0. The molecular formula is C16H18FN3O. The molecule has 1 heterocycles. The van der Waals surface area contributed by atoms with Gasteiger partial charge < -0.3 is 11.1 Å². The van der Waals surface area contributed by atoms with Gasteiger partial charge in [0.15, 0.2) is 0 Å². The van der Waals surface area contributed by atoms with Gasteiger partial charge in [0.1, 0.15) is 11.6 Å². The summed E-state index contributed by atoms with van der Waals surface area (Å²) in [6, 6.07) is 7.70. The first-order valence-corrected chi connectivity index (χ1v) is 6.83. The van der Waals surface area contributed by atoms with E-state index in [1.165, 1.54) is 18.2 Å². The van der Waals surface area contributed by atoms with Crippen molar-refractivity contribution in [2.24, 2.45) is 0 Å². The van der Waals surface area contributed by atoms with Gasteiger partial charge in [0, 0.05) is 16.9 Å². The molecule has 2 aromatic rings. The van der Waals surface area contributed by atoms with E-state index in [9.17, 15) is 9.18 Å². The van der Waals surface area contributed by atoms with Gasteiger partial charge in [-0.2, -0.15) is 0 Å². The first-order chi connectivity index (χ1) is 9.99. The molecule has 1 amide bonds. The summed E-state index contributed by atoms with van der Waals surface area (Å²) in [5, 5.41) is 2.73. The summed E-state index contributed by atoms with van der Waals surface area (Å²) in [7, 11) is 0. The van der Waals surface area contributed by atoms with E-state index in [2.05, 4.69) is 10.3 Å². The number of nitrogens with zero attached hydrogens (tertiary/aromatic N) is 1. The van der Waals surface area contributed by atoms with Crippen LogP contribution in [0.4, 0.5) is 15.9 Å². The number of amides is 1. The van der Waals surface area contributed by atoms with Crippen LogP contribution in [0, 0.1) is 12.7 Å². The number of hydrogen-bond donors (Lipinski definition) is 2. The highest BCUT2D eigenvalue weighted by Crippen LogP contribution is 2.16. The number of aryl methyl sites for hydroxylation is 2. The number of anilines is 2. The van der Waals surface area contributed by atoms with Gasteiger partial charge in [-0.15, -0.1) is 0 Å². The maximum Gasteiger partial charge on any atom is 0.255 e. The molecule has 0 saturated carbocycles. The molecule has 0 bridgehead atoms. The van der Waals surface area contributed by atoms with Crippen molar-refractivity contribution in [1.82, 2.24) is 4.98 Å². The zero-order valence-corrected chi connectivity index (χ0v) is 12.1. The van der Waals surface area contributed by atoms with Crippen molar-refractivity contribution in [3.05, 3.63) is 53.0 Å². The third-order valence-electron chi connectivity index (χ3n) is 3.08. The smallest absolute Gasteiger partial charge is 0.255 e. The number of benzene rings is 1. The van der Waals surface area contributed by atoms with Gasteiger partial charge in [-0.3, -0.25) is 4.79 Å². The van der Waals surface area contributed by atoms with Crippen LogP contribution >= 0.6 is 0 Å². The van der Waals surface area contributed by atoms with Gasteiger partial charge in [0.2, 0.25) is 0 Å². The van der Waals surface area contributed by atoms with Crippen molar-refractivity contribution in [3.63, 3.8) is 0 Å². The monoisotopic (exact) mass is 287 g/mol. The van der Waals surface area contributed by atoms with Gasteiger partial charge >= 0.3 is 0 Å². The maximum absolute atomic E-state index is 13.2. The fourth-order valence-corrected chi connectivity index (χ4v) is 2.05. The minimum atomic E-state index is -0.300.